The number of hydrogen-bond donors (Lipinski definition) is 1. The first-order valence-corrected chi connectivity index (χ1v) is 7.50. The largest absolute Gasteiger partial charge is 0.478 e. The fourth-order valence-corrected chi connectivity index (χ4v) is 3.68. The SMILES string of the molecule is Cc1nc(N2CCCC3CCCCC32)ncc1C(=O)O. The van der Waals surface area contributed by atoms with Crippen LogP contribution in [-0.2, 0) is 0 Å². The summed E-state index contributed by atoms with van der Waals surface area (Å²) in [5, 5.41) is 9.06. The second-order valence-electron chi connectivity index (χ2n) is 5.92. The molecule has 5 nitrogen and oxygen atoms in total. The van der Waals surface area contributed by atoms with E-state index in [4.69, 9.17) is 5.11 Å². The number of carbonyl (C=O) groups is 1. The van der Waals surface area contributed by atoms with Crippen molar-refractivity contribution >= 4 is 11.9 Å². The predicted molar refractivity (Wildman–Crippen MR) is 76.1 cm³/mol. The van der Waals surface area contributed by atoms with E-state index >= 15 is 0 Å². The van der Waals surface area contributed by atoms with Gasteiger partial charge in [-0.15, -0.1) is 0 Å². The normalized spacial score (nSPS) is 26.1. The van der Waals surface area contributed by atoms with Crippen molar-refractivity contribution in [3.8, 4) is 0 Å². The Balaban J connectivity index is 1.87. The third-order valence-electron chi connectivity index (χ3n) is 4.70. The van der Waals surface area contributed by atoms with Gasteiger partial charge < -0.3 is 10.0 Å². The number of anilines is 1. The second kappa shape index (κ2) is 5.38. The molecule has 2 fully saturated rings. The third-order valence-corrected chi connectivity index (χ3v) is 4.70. The Kier molecular flexibility index (Phi) is 3.59. The minimum atomic E-state index is -0.955. The van der Waals surface area contributed by atoms with Gasteiger partial charge in [-0.05, 0) is 38.5 Å². The number of aromatic carboxylic acids is 1. The summed E-state index contributed by atoms with van der Waals surface area (Å²) in [4.78, 5) is 22.1. The molecule has 1 aliphatic heterocycles. The smallest absolute Gasteiger partial charge is 0.339 e. The van der Waals surface area contributed by atoms with Crippen LogP contribution in [0.4, 0.5) is 5.95 Å². The molecule has 2 atom stereocenters. The van der Waals surface area contributed by atoms with Gasteiger partial charge in [-0.3, -0.25) is 0 Å². The summed E-state index contributed by atoms with van der Waals surface area (Å²) in [6.07, 6.45) is 9.10. The van der Waals surface area contributed by atoms with Crippen LogP contribution in [-0.4, -0.2) is 33.6 Å². The maximum absolute atomic E-state index is 11.0. The predicted octanol–water partition coefficient (Wildman–Crippen LogP) is 2.64. The first-order chi connectivity index (χ1) is 9.66. The number of aromatic nitrogens is 2. The highest BCUT2D eigenvalue weighted by Gasteiger charge is 2.34. The minimum Gasteiger partial charge on any atom is -0.478 e. The molecule has 0 aromatic carbocycles. The maximum atomic E-state index is 11.0. The summed E-state index contributed by atoms with van der Waals surface area (Å²) in [6.45, 7) is 2.74. The molecule has 20 heavy (non-hydrogen) atoms. The zero-order valence-electron chi connectivity index (χ0n) is 11.9. The molecule has 2 heterocycles. The van der Waals surface area contributed by atoms with Crippen LogP contribution < -0.4 is 4.90 Å². The van der Waals surface area contributed by atoms with Gasteiger partial charge in [-0.2, -0.15) is 0 Å². The highest BCUT2D eigenvalue weighted by Crippen LogP contribution is 2.36. The Morgan fingerprint density at radius 1 is 1.30 bits per heavy atom. The second-order valence-corrected chi connectivity index (χ2v) is 5.92. The summed E-state index contributed by atoms with van der Waals surface area (Å²) in [5.41, 5.74) is 0.756. The third kappa shape index (κ3) is 2.37. The molecule has 0 amide bonds. The van der Waals surface area contributed by atoms with Gasteiger partial charge in [0.2, 0.25) is 5.95 Å². The summed E-state index contributed by atoms with van der Waals surface area (Å²) >= 11 is 0. The molecule has 1 aromatic heterocycles. The van der Waals surface area contributed by atoms with Gasteiger partial charge in [-0.25, -0.2) is 14.8 Å². The number of carboxylic acids is 1. The molecule has 2 unspecified atom stereocenters. The van der Waals surface area contributed by atoms with E-state index in [0.29, 0.717) is 17.7 Å². The van der Waals surface area contributed by atoms with E-state index in [1.165, 1.54) is 44.7 Å². The van der Waals surface area contributed by atoms with Crippen LogP contribution in [0.25, 0.3) is 0 Å². The average molecular weight is 275 g/mol. The van der Waals surface area contributed by atoms with E-state index in [1.54, 1.807) is 6.92 Å². The Morgan fingerprint density at radius 3 is 2.80 bits per heavy atom. The van der Waals surface area contributed by atoms with Gasteiger partial charge in [0.05, 0.1) is 11.3 Å². The van der Waals surface area contributed by atoms with E-state index in [9.17, 15) is 4.79 Å². The van der Waals surface area contributed by atoms with Crippen molar-refractivity contribution in [2.45, 2.75) is 51.5 Å². The molecule has 1 saturated heterocycles. The van der Waals surface area contributed by atoms with Crippen molar-refractivity contribution in [3.63, 3.8) is 0 Å². The standard InChI is InChI=1S/C15H21N3O2/c1-10-12(14(19)20)9-16-15(17-10)18-8-4-6-11-5-2-3-7-13(11)18/h9,11,13H,2-8H2,1H3,(H,19,20). The van der Waals surface area contributed by atoms with Crippen molar-refractivity contribution < 1.29 is 9.90 Å². The van der Waals surface area contributed by atoms with E-state index in [1.807, 2.05) is 0 Å². The molecule has 108 valence electrons. The zero-order chi connectivity index (χ0) is 14.1. The summed E-state index contributed by atoms with van der Waals surface area (Å²) in [6, 6.07) is 0.549. The highest BCUT2D eigenvalue weighted by atomic mass is 16.4. The number of aryl methyl sites for hydroxylation is 1. The molecule has 3 rings (SSSR count). The lowest BCUT2D eigenvalue weighted by atomic mass is 9.78. The molecular formula is C15H21N3O2. The van der Waals surface area contributed by atoms with Crippen LogP contribution in [0.3, 0.4) is 0 Å². The molecule has 0 radical (unpaired) electrons. The lowest BCUT2D eigenvalue weighted by molar-refractivity contribution is 0.0695. The minimum absolute atomic E-state index is 0.200. The van der Waals surface area contributed by atoms with Crippen LogP contribution >= 0.6 is 0 Å². The average Bonchev–Trinajstić information content (AvgIpc) is 2.46. The molecule has 5 heteroatoms. The van der Waals surface area contributed by atoms with E-state index in [-0.39, 0.29) is 5.56 Å². The van der Waals surface area contributed by atoms with Gasteiger partial charge in [0, 0.05) is 18.8 Å². The number of fused-ring (bicyclic) bond motifs is 1. The van der Waals surface area contributed by atoms with E-state index in [0.717, 1.165) is 12.5 Å². The Morgan fingerprint density at radius 2 is 2.05 bits per heavy atom. The molecule has 1 saturated carbocycles. The number of rotatable bonds is 2. The van der Waals surface area contributed by atoms with Gasteiger partial charge >= 0.3 is 5.97 Å². The number of carboxylic acid groups (broad SMARTS) is 1. The van der Waals surface area contributed by atoms with E-state index in [2.05, 4.69) is 14.9 Å². The zero-order valence-corrected chi connectivity index (χ0v) is 11.9. The fraction of sp³-hybridized carbons (Fsp3) is 0.667. The van der Waals surface area contributed by atoms with Crippen LogP contribution in [0.1, 0.15) is 54.6 Å². The highest BCUT2D eigenvalue weighted by molar-refractivity contribution is 5.88. The lowest BCUT2D eigenvalue weighted by Crippen LogP contribution is -2.47. The van der Waals surface area contributed by atoms with Gasteiger partial charge in [0.25, 0.3) is 0 Å². The molecule has 1 aromatic rings. The number of hydrogen-bond acceptors (Lipinski definition) is 4. The van der Waals surface area contributed by atoms with Crippen LogP contribution in [0.2, 0.25) is 0 Å². The monoisotopic (exact) mass is 275 g/mol. The number of nitrogens with zero attached hydrogens (tertiary/aromatic N) is 3. The van der Waals surface area contributed by atoms with Crippen molar-refractivity contribution in [1.29, 1.82) is 0 Å². The molecule has 1 N–H and O–H groups in total. The number of piperidine rings is 1. The van der Waals surface area contributed by atoms with Gasteiger partial charge in [0.1, 0.15) is 0 Å². The molecular weight excluding hydrogens is 254 g/mol. The Bertz CT molecular complexity index is 516. The quantitative estimate of drug-likeness (QED) is 0.898. The van der Waals surface area contributed by atoms with Crippen molar-refractivity contribution in [1.82, 2.24) is 9.97 Å². The lowest BCUT2D eigenvalue weighted by Gasteiger charge is -2.44. The molecule has 0 spiro atoms. The topological polar surface area (TPSA) is 66.3 Å². The van der Waals surface area contributed by atoms with Gasteiger partial charge in [-0.1, -0.05) is 12.8 Å². The molecule has 0 bridgehead atoms. The van der Waals surface area contributed by atoms with Gasteiger partial charge in [0.15, 0.2) is 0 Å². The Hall–Kier alpha value is -1.65. The first-order valence-electron chi connectivity index (χ1n) is 7.50. The van der Waals surface area contributed by atoms with Crippen molar-refractivity contribution in [2.24, 2.45) is 5.92 Å². The van der Waals surface area contributed by atoms with Crippen LogP contribution in [0.15, 0.2) is 6.20 Å². The molecule has 2 aliphatic rings. The van der Waals surface area contributed by atoms with Crippen molar-refractivity contribution in [3.05, 3.63) is 17.5 Å². The first kappa shape index (κ1) is 13.3. The van der Waals surface area contributed by atoms with Crippen molar-refractivity contribution in [2.75, 3.05) is 11.4 Å². The summed E-state index contributed by atoms with van der Waals surface area (Å²) < 4.78 is 0. The van der Waals surface area contributed by atoms with Crippen LogP contribution in [0.5, 0.6) is 0 Å². The molecule has 1 aliphatic carbocycles. The summed E-state index contributed by atoms with van der Waals surface area (Å²) in [7, 11) is 0. The maximum Gasteiger partial charge on any atom is 0.339 e. The Labute approximate surface area is 119 Å². The van der Waals surface area contributed by atoms with E-state index < -0.39 is 5.97 Å². The fourth-order valence-electron chi connectivity index (χ4n) is 3.68. The summed E-state index contributed by atoms with van der Waals surface area (Å²) in [5.74, 6) is 0.521. The van der Waals surface area contributed by atoms with Crippen LogP contribution in [0, 0.1) is 12.8 Å².